The van der Waals surface area contributed by atoms with E-state index in [1.165, 1.54) is 0 Å². The van der Waals surface area contributed by atoms with Crippen LogP contribution < -0.4 is 10.1 Å². The van der Waals surface area contributed by atoms with Gasteiger partial charge in [0.15, 0.2) is 6.61 Å². The highest BCUT2D eigenvalue weighted by Crippen LogP contribution is 2.20. The van der Waals surface area contributed by atoms with Crippen LogP contribution >= 0.6 is 0 Å². The second-order valence-corrected chi connectivity index (χ2v) is 5.99. The summed E-state index contributed by atoms with van der Waals surface area (Å²) in [5.74, 6) is 0.767. The Balaban J connectivity index is 1.37. The number of nitrogens with one attached hydrogen (secondary N) is 1. The van der Waals surface area contributed by atoms with Crippen LogP contribution in [0.1, 0.15) is 19.3 Å². The molecule has 1 N–H and O–H groups in total. The predicted molar refractivity (Wildman–Crippen MR) is 92.9 cm³/mol. The number of rotatable bonds is 7. The maximum Gasteiger partial charge on any atom is 0.257 e. The Morgan fingerprint density at radius 2 is 2.00 bits per heavy atom. The molecule has 0 radical (unpaired) electrons. The van der Waals surface area contributed by atoms with Gasteiger partial charge in [-0.1, -0.05) is 30.3 Å². The van der Waals surface area contributed by atoms with Gasteiger partial charge in [-0.15, -0.1) is 0 Å². The van der Waals surface area contributed by atoms with Crippen molar-refractivity contribution in [2.24, 2.45) is 0 Å². The van der Waals surface area contributed by atoms with Gasteiger partial charge < -0.3 is 15.0 Å². The highest BCUT2D eigenvalue weighted by Gasteiger charge is 2.18. The van der Waals surface area contributed by atoms with Gasteiger partial charge in [-0.3, -0.25) is 9.59 Å². The molecule has 0 unspecified atom stereocenters. The van der Waals surface area contributed by atoms with Crippen LogP contribution in [0.2, 0.25) is 0 Å². The third-order valence-electron chi connectivity index (χ3n) is 4.19. The summed E-state index contributed by atoms with van der Waals surface area (Å²) in [5.41, 5.74) is 0. The van der Waals surface area contributed by atoms with Crippen molar-refractivity contribution < 1.29 is 14.3 Å². The van der Waals surface area contributed by atoms with Gasteiger partial charge in [0.25, 0.3) is 5.91 Å². The first-order valence-electron chi connectivity index (χ1n) is 8.38. The molecule has 3 rings (SSSR count). The molecule has 0 spiro atoms. The number of carbonyl (C=O) groups is 2. The number of amides is 2. The van der Waals surface area contributed by atoms with E-state index in [9.17, 15) is 9.59 Å². The molecule has 5 nitrogen and oxygen atoms in total. The highest BCUT2D eigenvalue weighted by molar-refractivity contribution is 5.84. The lowest BCUT2D eigenvalue weighted by atomic mass is 10.1. The van der Waals surface area contributed by atoms with E-state index in [-0.39, 0.29) is 18.4 Å². The van der Waals surface area contributed by atoms with E-state index in [2.05, 4.69) is 5.32 Å². The zero-order chi connectivity index (χ0) is 16.8. The molecule has 2 aromatic carbocycles. The molecule has 2 amide bonds. The van der Waals surface area contributed by atoms with Gasteiger partial charge in [-0.05, 0) is 35.7 Å². The second kappa shape index (κ2) is 7.81. The molecule has 2 aromatic rings. The minimum Gasteiger partial charge on any atom is -0.484 e. The zero-order valence-corrected chi connectivity index (χ0v) is 13.7. The smallest absolute Gasteiger partial charge is 0.257 e. The van der Waals surface area contributed by atoms with Crippen molar-refractivity contribution in [1.29, 1.82) is 0 Å². The largest absolute Gasteiger partial charge is 0.484 e. The molecule has 5 heteroatoms. The van der Waals surface area contributed by atoms with Crippen LogP contribution in [-0.2, 0) is 9.59 Å². The fourth-order valence-electron chi connectivity index (χ4n) is 2.90. The summed E-state index contributed by atoms with van der Waals surface area (Å²) in [4.78, 5) is 25.2. The van der Waals surface area contributed by atoms with E-state index in [1.54, 1.807) is 0 Å². The number of hydrogen-bond donors (Lipinski definition) is 1. The number of fused-ring (bicyclic) bond motifs is 1. The molecule has 0 aliphatic carbocycles. The monoisotopic (exact) mass is 326 g/mol. The van der Waals surface area contributed by atoms with Crippen molar-refractivity contribution in [1.82, 2.24) is 10.2 Å². The van der Waals surface area contributed by atoms with E-state index in [0.717, 1.165) is 30.2 Å². The maximum atomic E-state index is 11.8. The molecule has 1 aliphatic heterocycles. The first kappa shape index (κ1) is 16.3. The van der Waals surface area contributed by atoms with Crippen LogP contribution in [0.5, 0.6) is 5.75 Å². The highest BCUT2D eigenvalue weighted by atomic mass is 16.5. The van der Waals surface area contributed by atoms with Crippen molar-refractivity contribution in [3.05, 3.63) is 42.5 Å². The van der Waals surface area contributed by atoms with Gasteiger partial charge in [0.05, 0.1) is 0 Å². The van der Waals surface area contributed by atoms with Gasteiger partial charge in [0.2, 0.25) is 5.91 Å². The molecular formula is C19H22N2O3. The molecule has 1 fully saturated rings. The van der Waals surface area contributed by atoms with E-state index in [1.807, 2.05) is 47.4 Å². The van der Waals surface area contributed by atoms with Gasteiger partial charge in [-0.25, -0.2) is 0 Å². The summed E-state index contributed by atoms with van der Waals surface area (Å²) in [6.45, 7) is 2.12. The third-order valence-corrected chi connectivity index (χ3v) is 4.19. The van der Waals surface area contributed by atoms with E-state index >= 15 is 0 Å². The minimum atomic E-state index is -0.143. The van der Waals surface area contributed by atoms with Crippen LogP contribution in [0, 0.1) is 0 Å². The Labute approximate surface area is 141 Å². The summed E-state index contributed by atoms with van der Waals surface area (Å²) in [6, 6.07) is 13.8. The van der Waals surface area contributed by atoms with Gasteiger partial charge in [0.1, 0.15) is 5.75 Å². The summed E-state index contributed by atoms with van der Waals surface area (Å²) in [5, 5.41) is 5.06. The average molecular weight is 326 g/mol. The standard InChI is InChI=1S/C19H22N2O3/c22-18(20-10-4-12-21-11-3-7-19(21)23)14-24-17-9-8-15-5-1-2-6-16(15)13-17/h1-2,5-6,8-9,13H,3-4,7,10-12,14H2,(H,20,22). The van der Waals surface area contributed by atoms with Crippen molar-refractivity contribution in [2.45, 2.75) is 19.3 Å². The zero-order valence-electron chi connectivity index (χ0n) is 13.7. The topological polar surface area (TPSA) is 58.6 Å². The van der Waals surface area contributed by atoms with Crippen molar-refractivity contribution >= 4 is 22.6 Å². The number of likely N-dealkylation sites (tertiary alicyclic amines) is 1. The van der Waals surface area contributed by atoms with Crippen LogP contribution in [0.15, 0.2) is 42.5 Å². The average Bonchev–Trinajstić information content (AvgIpc) is 3.02. The summed E-state index contributed by atoms with van der Waals surface area (Å²) in [7, 11) is 0. The molecule has 0 aromatic heterocycles. The molecule has 126 valence electrons. The Morgan fingerprint density at radius 3 is 2.79 bits per heavy atom. The first-order valence-corrected chi connectivity index (χ1v) is 8.38. The van der Waals surface area contributed by atoms with E-state index < -0.39 is 0 Å². The molecular weight excluding hydrogens is 304 g/mol. The number of ether oxygens (including phenoxy) is 1. The lowest BCUT2D eigenvalue weighted by Crippen LogP contribution is -2.33. The van der Waals surface area contributed by atoms with E-state index in [4.69, 9.17) is 4.74 Å². The molecule has 0 atom stereocenters. The number of hydrogen-bond acceptors (Lipinski definition) is 3. The Morgan fingerprint density at radius 1 is 1.17 bits per heavy atom. The Kier molecular flexibility index (Phi) is 5.31. The fraction of sp³-hybridized carbons (Fsp3) is 0.368. The third kappa shape index (κ3) is 4.25. The summed E-state index contributed by atoms with van der Waals surface area (Å²) >= 11 is 0. The first-order chi connectivity index (χ1) is 11.7. The quantitative estimate of drug-likeness (QED) is 0.795. The minimum absolute atomic E-state index is 0.000977. The Hall–Kier alpha value is -2.56. The van der Waals surface area contributed by atoms with Crippen LogP contribution in [0.25, 0.3) is 10.8 Å². The van der Waals surface area contributed by atoms with Crippen LogP contribution in [-0.4, -0.2) is 43.0 Å². The fourth-order valence-corrected chi connectivity index (χ4v) is 2.90. The number of carbonyl (C=O) groups excluding carboxylic acids is 2. The summed E-state index contributed by atoms with van der Waals surface area (Å²) in [6.07, 6.45) is 2.38. The normalized spacial score (nSPS) is 14.2. The van der Waals surface area contributed by atoms with Crippen molar-refractivity contribution in [2.75, 3.05) is 26.2 Å². The predicted octanol–water partition coefficient (Wildman–Crippen LogP) is 2.35. The molecule has 1 saturated heterocycles. The van der Waals surface area contributed by atoms with Crippen molar-refractivity contribution in [3.63, 3.8) is 0 Å². The second-order valence-electron chi connectivity index (χ2n) is 5.99. The van der Waals surface area contributed by atoms with E-state index in [0.29, 0.717) is 25.3 Å². The van der Waals surface area contributed by atoms with Crippen molar-refractivity contribution in [3.8, 4) is 5.75 Å². The molecule has 0 saturated carbocycles. The Bertz CT molecular complexity index is 729. The number of nitrogens with zero attached hydrogens (tertiary/aromatic N) is 1. The molecule has 1 aliphatic rings. The van der Waals surface area contributed by atoms with Gasteiger partial charge in [0, 0.05) is 26.1 Å². The SMILES string of the molecule is O=C(COc1ccc2ccccc2c1)NCCCN1CCCC1=O. The molecule has 0 bridgehead atoms. The summed E-state index contributed by atoms with van der Waals surface area (Å²) < 4.78 is 5.55. The van der Waals surface area contributed by atoms with Gasteiger partial charge >= 0.3 is 0 Å². The van der Waals surface area contributed by atoms with Crippen LogP contribution in [0.4, 0.5) is 0 Å². The lowest BCUT2D eigenvalue weighted by molar-refractivity contribution is -0.127. The molecule has 1 heterocycles. The number of benzene rings is 2. The molecule has 24 heavy (non-hydrogen) atoms. The van der Waals surface area contributed by atoms with Gasteiger partial charge in [-0.2, -0.15) is 0 Å². The maximum absolute atomic E-state index is 11.8. The van der Waals surface area contributed by atoms with Crippen LogP contribution in [0.3, 0.4) is 0 Å². The lowest BCUT2D eigenvalue weighted by Gasteiger charge is -2.15.